The lowest BCUT2D eigenvalue weighted by Crippen LogP contribution is -2.14. The number of rotatable bonds is 6. The number of ether oxygens (including phenoxy) is 1. The smallest absolute Gasteiger partial charge is 0.260 e. The van der Waals surface area contributed by atoms with Gasteiger partial charge in [0.25, 0.3) is 5.91 Å². The maximum absolute atomic E-state index is 13.5. The fourth-order valence-electron chi connectivity index (χ4n) is 4.31. The Morgan fingerprint density at radius 2 is 1.78 bits per heavy atom. The van der Waals surface area contributed by atoms with Crippen molar-refractivity contribution >= 4 is 28.0 Å². The molecule has 0 aliphatic rings. The van der Waals surface area contributed by atoms with Crippen LogP contribution in [0.4, 0.5) is 5.69 Å². The maximum atomic E-state index is 13.5. The van der Waals surface area contributed by atoms with Gasteiger partial charge in [-0.15, -0.1) is 10.2 Å². The van der Waals surface area contributed by atoms with Gasteiger partial charge in [-0.25, -0.2) is 0 Å². The summed E-state index contributed by atoms with van der Waals surface area (Å²) in [6.45, 7) is 2.37. The van der Waals surface area contributed by atoms with Gasteiger partial charge in [-0.05, 0) is 60.2 Å². The number of hydrogen-bond donors (Lipinski definition) is 1. The summed E-state index contributed by atoms with van der Waals surface area (Å²) in [6, 6.07) is 28.5. The molecule has 0 aliphatic carbocycles. The first kappa shape index (κ1) is 22.4. The van der Waals surface area contributed by atoms with Crippen LogP contribution in [0.15, 0.2) is 97.2 Å². The van der Waals surface area contributed by atoms with Crippen LogP contribution in [0.5, 0.6) is 5.75 Å². The van der Waals surface area contributed by atoms with Crippen molar-refractivity contribution in [2.45, 2.75) is 6.92 Å². The third-order valence-corrected chi connectivity index (χ3v) is 5.99. The second-order valence-electron chi connectivity index (χ2n) is 8.35. The van der Waals surface area contributed by atoms with E-state index in [0.717, 1.165) is 16.3 Å². The van der Waals surface area contributed by atoms with Gasteiger partial charge in [-0.1, -0.05) is 48.5 Å². The molecule has 0 saturated carbocycles. The van der Waals surface area contributed by atoms with Crippen molar-refractivity contribution in [1.29, 1.82) is 0 Å². The number of benzene rings is 3. The SMILES string of the molecule is CCOc1ccc2ccccc2c1C(=O)Nc1cccc(-c2ccc3nnc(-c4ccccn4)n3n2)c1. The van der Waals surface area contributed by atoms with E-state index in [1.807, 2.05) is 97.9 Å². The van der Waals surface area contributed by atoms with E-state index in [-0.39, 0.29) is 5.91 Å². The highest BCUT2D eigenvalue weighted by Crippen LogP contribution is 2.30. The second kappa shape index (κ2) is 9.50. The van der Waals surface area contributed by atoms with Gasteiger partial charge in [0.05, 0.1) is 17.9 Å². The summed E-state index contributed by atoms with van der Waals surface area (Å²) in [4.78, 5) is 17.8. The van der Waals surface area contributed by atoms with Gasteiger partial charge in [0, 0.05) is 17.4 Å². The molecule has 6 rings (SSSR count). The second-order valence-corrected chi connectivity index (χ2v) is 8.35. The van der Waals surface area contributed by atoms with E-state index < -0.39 is 0 Å². The Hall–Kier alpha value is -5.11. The summed E-state index contributed by atoms with van der Waals surface area (Å²) in [7, 11) is 0. The normalized spacial score (nSPS) is 11.1. The molecule has 0 radical (unpaired) electrons. The molecular formula is C29H22N6O2. The Bertz CT molecular complexity index is 1750. The zero-order valence-corrected chi connectivity index (χ0v) is 20.0. The van der Waals surface area contributed by atoms with Gasteiger partial charge in [-0.3, -0.25) is 9.78 Å². The summed E-state index contributed by atoms with van der Waals surface area (Å²) in [6.07, 6.45) is 1.71. The summed E-state index contributed by atoms with van der Waals surface area (Å²) in [5.74, 6) is 0.870. The Kier molecular flexibility index (Phi) is 5.74. The van der Waals surface area contributed by atoms with E-state index in [1.165, 1.54) is 0 Å². The average Bonchev–Trinajstić information content (AvgIpc) is 3.37. The Morgan fingerprint density at radius 3 is 2.65 bits per heavy atom. The molecule has 180 valence electrons. The average molecular weight is 487 g/mol. The molecule has 6 aromatic rings. The third-order valence-electron chi connectivity index (χ3n) is 5.99. The highest BCUT2D eigenvalue weighted by molar-refractivity contribution is 6.15. The first-order chi connectivity index (χ1) is 18.2. The van der Waals surface area contributed by atoms with Crippen molar-refractivity contribution in [1.82, 2.24) is 24.8 Å². The van der Waals surface area contributed by atoms with Crippen molar-refractivity contribution in [3.05, 3.63) is 103 Å². The number of hydrogen-bond acceptors (Lipinski definition) is 6. The predicted octanol–water partition coefficient (Wildman–Crippen LogP) is 5.66. The van der Waals surface area contributed by atoms with Gasteiger partial charge in [0.2, 0.25) is 5.82 Å². The largest absolute Gasteiger partial charge is 0.493 e. The van der Waals surface area contributed by atoms with E-state index in [0.29, 0.717) is 46.5 Å². The quantitative estimate of drug-likeness (QED) is 0.327. The van der Waals surface area contributed by atoms with Crippen LogP contribution in [0.3, 0.4) is 0 Å². The molecular weight excluding hydrogens is 464 g/mol. The zero-order chi connectivity index (χ0) is 25.2. The molecule has 0 fully saturated rings. The topological polar surface area (TPSA) is 94.3 Å². The van der Waals surface area contributed by atoms with Gasteiger partial charge in [0.15, 0.2) is 5.65 Å². The predicted molar refractivity (Wildman–Crippen MR) is 143 cm³/mol. The van der Waals surface area contributed by atoms with Gasteiger partial charge < -0.3 is 10.1 Å². The van der Waals surface area contributed by atoms with Crippen LogP contribution in [-0.4, -0.2) is 37.3 Å². The van der Waals surface area contributed by atoms with Crippen LogP contribution < -0.4 is 10.1 Å². The summed E-state index contributed by atoms with van der Waals surface area (Å²) in [5, 5.41) is 18.1. The van der Waals surface area contributed by atoms with Crippen LogP contribution in [0.25, 0.3) is 39.2 Å². The summed E-state index contributed by atoms with van der Waals surface area (Å²) in [5.41, 5.74) is 4.00. The van der Waals surface area contributed by atoms with E-state index in [1.54, 1.807) is 10.7 Å². The molecule has 8 nitrogen and oxygen atoms in total. The van der Waals surface area contributed by atoms with Crippen LogP contribution in [-0.2, 0) is 0 Å². The fraction of sp³-hybridized carbons (Fsp3) is 0.0690. The fourth-order valence-corrected chi connectivity index (χ4v) is 4.31. The Labute approximate surface area is 212 Å². The Balaban J connectivity index is 1.35. The minimum Gasteiger partial charge on any atom is -0.493 e. The van der Waals surface area contributed by atoms with E-state index in [9.17, 15) is 4.79 Å². The molecule has 3 aromatic carbocycles. The molecule has 3 heterocycles. The maximum Gasteiger partial charge on any atom is 0.260 e. The number of pyridine rings is 1. The van der Waals surface area contributed by atoms with Crippen LogP contribution in [0.1, 0.15) is 17.3 Å². The summed E-state index contributed by atoms with van der Waals surface area (Å²) < 4.78 is 7.46. The van der Waals surface area contributed by atoms with Crippen molar-refractivity contribution < 1.29 is 9.53 Å². The number of nitrogens with zero attached hydrogens (tertiary/aromatic N) is 5. The number of fused-ring (bicyclic) bond motifs is 2. The van der Waals surface area contributed by atoms with Crippen LogP contribution in [0.2, 0.25) is 0 Å². The van der Waals surface area contributed by atoms with Crippen molar-refractivity contribution in [3.8, 4) is 28.5 Å². The molecule has 0 unspecified atom stereocenters. The van der Waals surface area contributed by atoms with Crippen molar-refractivity contribution in [3.63, 3.8) is 0 Å². The summed E-state index contributed by atoms with van der Waals surface area (Å²) >= 11 is 0. The zero-order valence-electron chi connectivity index (χ0n) is 20.0. The van der Waals surface area contributed by atoms with Crippen molar-refractivity contribution in [2.75, 3.05) is 11.9 Å². The molecule has 0 spiro atoms. The lowest BCUT2D eigenvalue weighted by atomic mass is 10.0. The number of nitrogens with one attached hydrogen (secondary N) is 1. The minimum atomic E-state index is -0.239. The van der Waals surface area contributed by atoms with E-state index >= 15 is 0 Å². The third kappa shape index (κ3) is 4.25. The highest BCUT2D eigenvalue weighted by Gasteiger charge is 2.18. The number of carbonyl (C=O) groups excluding carboxylic acids is 1. The molecule has 8 heteroatoms. The van der Waals surface area contributed by atoms with Gasteiger partial charge >= 0.3 is 0 Å². The molecule has 0 atom stereocenters. The molecule has 3 aromatic heterocycles. The van der Waals surface area contributed by atoms with E-state index in [2.05, 4.69) is 20.5 Å². The van der Waals surface area contributed by atoms with Crippen LogP contribution in [0, 0.1) is 0 Å². The monoisotopic (exact) mass is 486 g/mol. The number of amides is 1. The number of carbonyl (C=O) groups is 1. The number of aromatic nitrogens is 5. The van der Waals surface area contributed by atoms with E-state index in [4.69, 9.17) is 9.84 Å². The van der Waals surface area contributed by atoms with Crippen LogP contribution >= 0.6 is 0 Å². The standard InChI is InChI=1S/C29H22N6O2/c1-2-37-25-15-13-19-8-3-4-11-22(19)27(25)29(36)31-21-10-7-9-20(18-21)23-14-16-26-32-33-28(35(26)34-23)24-12-5-6-17-30-24/h3-18H,2H2,1H3,(H,31,36). The molecule has 0 bridgehead atoms. The first-order valence-corrected chi connectivity index (χ1v) is 11.9. The molecule has 37 heavy (non-hydrogen) atoms. The lowest BCUT2D eigenvalue weighted by molar-refractivity contribution is 0.102. The first-order valence-electron chi connectivity index (χ1n) is 11.9. The number of anilines is 1. The highest BCUT2D eigenvalue weighted by atomic mass is 16.5. The van der Waals surface area contributed by atoms with Gasteiger partial charge in [-0.2, -0.15) is 9.61 Å². The van der Waals surface area contributed by atoms with Crippen molar-refractivity contribution in [2.24, 2.45) is 0 Å². The minimum absolute atomic E-state index is 0.239. The Morgan fingerprint density at radius 1 is 0.892 bits per heavy atom. The molecule has 1 N–H and O–H groups in total. The van der Waals surface area contributed by atoms with Gasteiger partial charge in [0.1, 0.15) is 11.4 Å². The molecule has 1 amide bonds. The lowest BCUT2D eigenvalue weighted by Gasteiger charge is -2.14. The molecule has 0 aliphatic heterocycles. The molecule has 0 saturated heterocycles.